The van der Waals surface area contributed by atoms with E-state index in [1.165, 1.54) is 0 Å². The number of rotatable bonds is 12. The highest BCUT2D eigenvalue weighted by molar-refractivity contribution is 5.79. The smallest absolute Gasteiger partial charge is 0.155 e. The molecule has 15 N–H and O–H groups in total. The third kappa shape index (κ3) is 7.27. The number of nitrogens with two attached hydrogens (primary N) is 6. The summed E-state index contributed by atoms with van der Waals surface area (Å²) in [5.41, 5.74) is 31.8. The van der Waals surface area contributed by atoms with Gasteiger partial charge < -0.3 is 47.2 Å². The fraction of sp³-hybridized carbons (Fsp3) is 0.154. The van der Waals surface area contributed by atoms with Crippen molar-refractivity contribution < 1.29 is 0 Å². The number of H-pyrrole nitrogens is 3. The fourth-order valence-corrected chi connectivity index (χ4v) is 6.77. The molecule has 54 heavy (non-hydrogen) atoms. The zero-order valence-corrected chi connectivity index (χ0v) is 30.4. The van der Waals surface area contributed by atoms with E-state index < -0.39 is 0 Å². The molecule has 15 nitrogen and oxygen atoms in total. The second-order valence-corrected chi connectivity index (χ2v) is 13.4. The Kier molecular flexibility index (Phi) is 9.67. The maximum absolute atomic E-state index is 6.63. The van der Waals surface area contributed by atoms with Crippen molar-refractivity contribution in [2.24, 2.45) is 34.7 Å². The van der Waals surface area contributed by atoms with Gasteiger partial charge in [-0.2, -0.15) is 0 Å². The number of fused-ring (bicyclic) bond motifs is 3. The van der Waals surface area contributed by atoms with Gasteiger partial charge in [-0.25, -0.2) is 32.5 Å². The number of nitrogens with zero attached hydrogens (tertiary/aromatic N) is 6. The van der Waals surface area contributed by atoms with Crippen LogP contribution in [0.15, 0.2) is 91.4 Å². The van der Waals surface area contributed by atoms with Gasteiger partial charge in [0.1, 0.15) is 0 Å². The van der Waals surface area contributed by atoms with Crippen LogP contribution in [0.5, 0.6) is 0 Å². The van der Waals surface area contributed by atoms with Crippen LogP contribution < -0.4 is 34.7 Å². The number of nitrogens with one attached hydrogen (secondary N) is 3. The van der Waals surface area contributed by atoms with Crippen LogP contribution in [0.4, 0.5) is 0 Å². The van der Waals surface area contributed by atoms with Crippen molar-refractivity contribution in [2.45, 2.75) is 40.4 Å². The van der Waals surface area contributed by atoms with Crippen LogP contribution in [0.25, 0.3) is 50.2 Å². The number of aromatic amines is 3. The third-order valence-corrected chi connectivity index (χ3v) is 9.64. The summed E-state index contributed by atoms with van der Waals surface area (Å²) in [5, 5.41) is 4.67. The van der Waals surface area contributed by atoms with Crippen LogP contribution in [0.3, 0.4) is 0 Å². The van der Waals surface area contributed by atoms with Crippen molar-refractivity contribution in [1.29, 1.82) is 0 Å². The first-order valence-corrected chi connectivity index (χ1v) is 17.4. The van der Waals surface area contributed by atoms with E-state index in [0.29, 0.717) is 54.2 Å². The van der Waals surface area contributed by atoms with Gasteiger partial charge >= 0.3 is 0 Å². The molecule has 0 saturated carbocycles. The predicted octanol–water partition coefficient (Wildman–Crippen LogP) is 4.14. The zero-order chi connectivity index (χ0) is 38.1. The first-order chi connectivity index (χ1) is 25.9. The molecule has 0 aliphatic rings. The molecule has 4 aromatic carbocycles. The van der Waals surface area contributed by atoms with Gasteiger partial charge in [-0.1, -0.05) is 36.4 Å². The van der Waals surface area contributed by atoms with Gasteiger partial charge in [0.25, 0.3) is 0 Å². The molecule has 0 bridgehead atoms. The molecule has 0 atom stereocenters. The van der Waals surface area contributed by atoms with Crippen molar-refractivity contribution in [3.63, 3.8) is 0 Å². The van der Waals surface area contributed by atoms with Gasteiger partial charge in [0, 0.05) is 18.6 Å². The van der Waals surface area contributed by atoms with E-state index in [0.717, 1.165) is 66.5 Å². The minimum atomic E-state index is 0.335. The predicted molar refractivity (Wildman–Crippen MR) is 215 cm³/mol. The average molecular weight is 724 g/mol. The monoisotopic (exact) mass is 723 g/mol. The molecule has 7 aromatic rings. The maximum Gasteiger partial charge on any atom is 0.155 e. The average Bonchev–Trinajstić information content (AvgIpc) is 3.90. The molecule has 0 saturated heterocycles. The summed E-state index contributed by atoms with van der Waals surface area (Å²) in [6.07, 6.45) is 5.02. The summed E-state index contributed by atoms with van der Waals surface area (Å²) in [4.78, 5) is 23.6. The van der Waals surface area contributed by atoms with Crippen LogP contribution in [-0.4, -0.2) is 44.9 Å². The van der Waals surface area contributed by atoms with Gasteiger partial charge in [-0.15, -0.1) is 0 Å². The lowest BCUT2D eigenvalue weighted by Gasteiger charge is -2.28. The molecule has 0 unspecified atom stereocenters. The van der Waals surface area contributed by atoms with Crippen LogP contribution >= 0.6 is 0 Å². The van der Waals surface area contributed by atoms with Gasteiger partial charge in [-0.3, -0.25) is 0 Å². The summed E-state index contributed by atoms with van der Waals surface area (Å²) in [5.74, 6) is 21.5. The van der Waals surface area contributed by atoms with Crippen LogP contribution in [0.1, 0.15) is 50.9 Å². The topological polar surface area (TPSA) is 252 Å². The van der Waals surface area contributed by atoms with E-state index in [1.807, 2.05) is 72.8 Å². The van der Waals surface area contributed by atoms with Crippen molar-refractivity contribution in [2.75, 3.05) is 0 Å². The van der Waals surface area contributed by atoms with Gasteiger partial charge in [0.15, 0.2) is 17.5 Å². The summed E-state index contributed by atoms with van der Waals surface area (Å²) in [7, 11) is 0. The minimum Gasteiger partial charge on any atom is -0.395 e. The van der Waals surface area contributed by atoms with Crippen molar-refractivity contribution >= 4 is 50.2 Å². The normalized spacial score (nSPS) is 12.7. The summed E-state index contributed by atoms with van der Waals surface area (Å²) in [6.45, 7) is 7.20. The SMILES string of the molecule is Cc1c(CN(N)/C=C(\N)c2nc3ccccc3[nH]2)c(C)c(CN(N)/C=C(\N)c2nc3ccccc3[nH]2)c(C)c1CN(N)/C=C(\N)c1nc2ccccc2[nH]1. The molecule has 0 amide bonds. The number of hydrogen-bond donors (Lipinski definition) is 9. The molecular weight excluding hydrogens is 679 g/mol. The first kappa shape index (κ1) is 35.6. The van der Waals surface area contributed by atoms with Crippen LogP contribution in [0.2, 0.25) is 0 Å². The Balaban J connectivity index is 1.21. The van der Waals surface area contributed by atoms with Gasteiger partial charge in [-0.05, 0) is 90.6 Å². The van der Waals surface area contributed by atoms with E-state index in [1.54, 1.807) is 33.6 Å². The Hall–Kier alpha value is -6.81. The molecular formula is C39H45N15. The largest absolute Gasteiger partial charge is 0.395 e. The molecule has 0 aliphatic heterocycles. The highest BCUT2D eigenvalue weighted by Crippen LogP contribution is 2.30. The molecule has 3 heterocycles. The second-order valence-electron chi connectivity index (χ2n) is 13.4. The van der Waals surface area contributed by atoms with E-state index >= 15 is 0 Å². The molecule has 3 aromatic heterocycles. The number of para-hydroxylation sites is 6. The van der Waals surface area contributed by atoms with Gasteiger partial charge in [0.05, 0.1) is 69.8 Å². The van der Waals surface area contributed by atoms with Crippen LogP contribution in [0, 0.1) is 20.8 Å². The number of hydrazine groups is 3. The minimum absolute atomic E-state index is 0.335. The van der Waals surface area contributed by atoms with Crippen LogP contribution in [-0.2, 0) is 19.6 Å². The lowest BCUT2D eigenvalue weighted by molar-refractivity contribution is 0.370. The summed E-state index contributed by atoms with van der Waals surface area (Å²) < 4.78 is 0. The summed E-state index contributed by atoms with van der Waals surface area (Å²) in [6, 6.07) is 23.2. The first-order valence-electron chi connectivity index (χ1n) is 17.4. The highest BCUT2D eigenvalue weighted by atomic mass is 15.4. The Morgan fingerprint density at radius 1 is 0.481 bits per heavy atom. The standard InChI is InChI=1S/C39H45N15/c1-22-25(16-52(43)19-28(40)37-46-31-10-4-5-11-32(31)47-37)23(2)27(18-54(45)21-30(42)39-50-35-14-8-9-15-36(35)51-39)24(3)26(22)17-53(44)20-29(41)38-48-33-12-6-7-13-34(33)49-38/h4-15,19-21H,16-18,40-45H2,1-3H3,(H,46,47)(H,48,49)(H,50,51)/b28-19-,29-20-,30-21-. The number of benzene rings is 4. The Morgan fingerprint density at radius 2 is 0.741 bits per heavy atom. The molecule has 7 rings (SSSR count). The quantitative estimate of drug-likeness (QED) is 0.0637. The third-order valence-electron chi connectivity index (χ3n) is 9.64. The van der Waals surface area contributed by atoms with Crippen molar-refractivity contribution in [1.82, 2.24) is 44.9 Å². The highest BCUT2D eigenvalue weighted by Gasteiger charge is 2.21. The van der Waals surface area contributed by atoms with E-state index in [-0.39, 0.29) is 0 Å². The second kappa shape index (κ2) is 14.7. The Bertz CT molecular complexity index is 2170. The Morgan fingerprint density at radius 3 is 1.00 bits per heavy atom. The number of imidazole rings is 3. The maximum atomic E-state index is 6.63. The lowest BCUT2D eigenvalue weighted by Crippen LogP contribution is -2.31. The van der Waals surface area contributed by atoms with Crippen molar-refractivity contribution in [3.8, 4) is 0 Å². The molecule has 15 heteroatoms. The van der Waals surface area contributed by atoms with E-state index in [2.05, 4.69) is 50.7 Å². The Labute approximate surface area is 311 Å². The molecule has 0 spiro atoms. The fourth-order valence-electron chi connectivity index (χ4n) is 6.77. The molecule has 0 aliphatic carbocycles. The molecule has 0 radical (unpaired) electrons. The van der Waals surface area contributed by atoms with Crippen molar-refractivity contribution in [3.05, 3.63) is 142 Å². The van der Waals surface area contributed by atoms with E-state index in [9.17, 15) is 0 Å². The number of hydrogen-bond acceptors (Lipinski definition) is 12. The van der Waals surface area contributed by atoms with E-state index in [4.69, 9.17) is 34.7 Å². The number of aromatic nitrogens is 6. The molecule has 276 valence electrons. The zero-order valence-electron chi connectivity index (χ0n) is 30.4. The molecule has 0 fully saturated rings. The lowest BCUT2D eigenvalue weighted by atomic mass is 9.87. The van der Waals surface area contributed by atoms with Gasteiger partial charge in [0.2, 0.25) is 0 Å². The summed E-state index contributed by atoms with van der Waals surface area (Å²) >= 11 is 0.